The molecule has 0 radical (unpaired) electrons. The maximum atomic E-state index is 13.7. The van der Waals surface area contributed by atoms with E-state index < -0.39 is 0 Å². The van der Waals surface area contributed by atoms with E-state index in [-0.39, 0.29) is 23.2 Å². The second-order valence-corrected chi connectivity index (χ2v) is 5.29. The van der Waals surface area contributed by atoms with Gasteiger partial charge in [0.05, 0.1) is 12.2 Å². The number of nitrogens with two attached hydrogens (primary N) is 1. The van der Waals surface area contributed by atoms with Gasteiger partial charge in [-0.15, -0.1) is 0 Å². The Morgan fingerprint density at radius 3 is 2.44 bits per heavy atom. The quantitative estimate of drug-likeness (QED) is 0.822. The Balaban J connectivity index is 2.48. The summed E-state index contributed by atoms with van der Waals surface area (Å²) in [7, 11) is 0. The largest absolute Gasteiger partial charge is 0.488 e. The van der Waals surface area contributed by atoms with Crippen LogP contribution in [0.5, 0.6) is 5.75 Å². The summed E-state index contributed by atoms with van der Waals surface area (Å²) in [4.78, 5) is 0. The average molecular weight is 255 g/mol. The summed E-state index contributed by atoms with van der Waals surface area (Å²) in [5.41, 5.74) is 6.22. The Labute approximate surface area is 108 Å². The molecule has 0 saturated heterocycles. The van der Waals surface area contributed by atoms with Gasteiger partial charge in [-0.3, -0.25) is 0 Å². The molecule has 3 nitrogen and oxygen atoms in total. The Morgan fingerprint density at radius 1 is 1.28 bits per heavy atom. The minimum atomic E-state index is -0.388. The lowest BCUT2D eigenvalue weighted by molar-refractivity contribution is -0.0166. The number of benzene rings is 1. The molecule has 0 heterocycles. The van der Waals surface area contributed by atoms with Crippen molar-refractivity contribution in [1.29, 1.82) is 0 Å². The molecule has 4 heteroatoms. The van der Waals surface area contributed by atoms with E-state index in [4.69, 9.17) is 15.2 Å². The van der Waals surface area contributed by atoms with Crippen molar-refractivity contribution in [1.82, 2.24) is 0 Å². The first kappa shape index (κ1) is 14.9. The molecule has 0 saturated carbocycles. The number of hydrogen-bond acceptors (Lipinski definition) is 3. The molecule has 1 aromatic rings. The minimum Gasteiger partial charge on any atom is -0.488 e. The van der Waals surface area contributed by atoms with E-state index in [9.17, 15) is 4.39 Å². The molecule has 102 valence electrons. The van der Waals surface area contributed by atoms with Crippen LogP contribution < -0.4 is 10.5 Å². The monoisotopic (exact) mass is 255 g/mol. The third kappa shape index (κ3) is 5.02. The highest BCUT2D eigenvalue weighted by Gasteiger charge is 2.10. The lowest BCUT2D eigenvalue weighted by Gasteiger charge is -2.19. The second kappa shape index (κ2) is 6.16. The van der Waals surface area contributed by atoms with E-state index >= 15 is 0 Å². The van der Waals surface area contributed by atoms with E-state index in [1.807, 2.05) is 27.7 Å². The van der Waals surface area contributed by atoms with Crippen LogP contribution in [0.25, 0.3) is 0 Å². The van der Waals surface area contributed by atoms with Gasteiger partial charge in [0.15, 0.2) is 11.6 Å². The highest BCUT2D eigenvalue weighted by atomic mass is 19.1. The fraction of sp³-hybridized carbons (Fsp3) is 0.571. The number of rotatable bonds is 5. The van der Waals surface area contributed by atoms with Gasteiger partial charge in [0.1, 0.15) is 6.61 Å². The molecule has 2 N–H and O–H groups in total. The standard InChI is InChI=1S/C14H22FNO2/c1-10(16)11-5-6-13(12(15)9-11)17-7-8-18-14(2,3)4/h5-6,9-10H,7-8,16H2,1-4H3. The van der Waals surface area contributed by atoms with Crippen molar-refractivity contribution >= 4 is 0 Å². The smallest absolute Gasteiger partial charge is 0.165 e. The molecule has 0 spiro atoms. The Kier molecular flexibility index (Phi) is 5.11. The lowest BCUT2D eigenvalue weighted by atomic mass is 10.1. The van der Waals surface area contributed by atoms with Crippen molar-refractivity contribution in [2.75, 3.05) is 13.2 Å². The van der Waals surface area contributed by atoms with E-state index in [1.165, 1.54) is 6.07 Å². The van der Waals surface area contributed by atoms with Crippen LogP contribution in [0, 0.1) is 5.82 Å². The van der Waals surface area contributed by atoms with E-state index in [2.05, 4.69) is 0 Å². The van der Waals surface area contributed by atoms with Crippen LogP contribution in [0.2, 0.25) is 0 Å². The summed E-state index contributed by atoms with van der Waals surface area (Å²) in [5, 5.41) is 0. The molecular weight excluding hydrogens is 233 g/mol. The molecule has 0 fully saturated rings. The lowest BCUT2D eigenvalue weighted by Crippen LogP contribution is -2.22. The van der Waals surface area contributed by atoms with Gasteiger partial charge in [0, 0.05) is 6.04 Å². The van der Waals surface area contributed by atoms with Crippen LogP contribution in [-0.4, -0.2) is 18.8 Å². The van der Waals surface area contributed by atoms with Gasteiger partial charge < -0.3 is 15.2 Å². The minimum absolute atomic E-state index is 0.183. The number of ether oxygens (including phenoxy) is 2. The van der Waals surface area contributed by atoms with Crippen LogP contribution in [0.4, 0.5) is 4.39 Å². The molecule has 0 aromatic heterocycles. The van der Waals surface area contributed by atoms with Gasteiger partial charge in [-0.1, -0.05) is 6.07 Å². The average Bonchev–Trinajstić information content (AvgIpc) is 2.24. The second-order valence-electron chi connectivity index (χ2n) is 5.29. The zero-order valence-electron chi connectivity index (χ0n) is 11.5. The molecule has 0 aliphatic rings. The van der Waals surface area contributed by atoms with E-state index in [0.29, 0.717) is 13.2 Å². The van der Waals surface area contributed by atoms with E-state index in [0.717, 1.165) is 5.56 Å². The van der Waals surface area contributed by atoms with Crippen molar-refractivity contribution in [3.63, 3.8) is 0 Å². The van der Waals surface area contributed by atoms with Crippen molar-refractivity contribution in [2.45, 2.75) is 39.3 Å². The summed E-state index contributed by atoms with van der Waals surface area (Å²) < 4.78 is 24.5. The molecule has 0 amide bonds. The highest BCUT2D eigenvalue weighted by molar-refractivity contribution is 5.30. The summed E-state index contributed by atoms with van der Waals surface area (Å²) in [5.74, 6) is -0.155. The van der Waals surface area contributed by atoms with E-state index in [1.54, 1.807) is 12.1 Å². The predicted octanol–water partition coefficient (Wildman–Crippen LogP) is 3.04. The first-order chi connectivity index (χ1) is 8.29. The van der Waals surface area contributed by atoms with Gasteiger partial charge in [0.2, 0.25) is 0 Å². The van der Waals surface area contributed by atoms with Crippen molar-refractivity contribution in [2.24, 2.45) is 5.73 Å². The van der Waals surface area contributed by atoms with Crippen LogP contribution in [0.15, 0.2) is 18.2 Å². The predicted molar refractivity (Wildman–Crippen MR) is 70.2 cm³/mol. The maximum absolute atomic E-state index is 13.7. The third-order valence-corrected chi connectivity index (χ3v) is 2.36. The number of halogens is 1. The van der Waals surface area contributed by atoms with Crippen LogP contribution in [0.3, 0.4) is 0 Å². The molecule has 0 aliphatic heterocycles. The van der Waals surface area contributed by atoms with Gasteiger partial charge in [-0.25, -0.2) is 4.39 Å². The zero-order valence-corrected chi connectivity index (χ0v) is 11.5. The fourth-order valence-corrected chi connectivity index (χ4v) is 1.42. The number of hydrogen-bond donors (Lipinski definition) is 1. The SMILES string of the molecule is CC(N)c1ccc(OCCOC(C)(C)C)c(F)c1. The van der Waals surface area contributed by atoms with Crippen molar-refractivity contribution in [3.8, 4) is 5.75 Å². The van der Waals surface area contributed by atoms with Gasteiger partial charge in [-0.2, -0.15) is 0 Å². The van der Waals surface area contributed by atoms with Crippen LogP contribution >= 0.6 is 0 Å². The van der Waals surface area contributed by atoms with Crippen molar-refractivity contribution in [3.05, 3.63) is 29.6 Å². The summed E-state index contributed by atoms with van der Waals surface area (Å²) in [6, 6.07) is 4.60. The normalized spacial score (nSPS) is 13.4. The molecule has 18 heavy (non-hydrogen) atoms. The van der Waals surface area contributed by atoms with Gasteiger partial charge >= 0.3 is 0 Å². The molecule has 0 bridgehead atoms. The molecule has 1 atom stereocenters. The Hall–Kier alpha value is -1.13. The summed E-state index contributed by atoms with van der Waals surface area (Å²) in [6.45, 7) is 8.46. The molecule has 1 rings (SSSR count). The fourth-order valence-electron chi connectivity index (χ4n) is 1.42. The van der Waals surface area contributed by atoms with Gasteiger partial charge in [0.25, 0.3) is 0 Å². The summed E-state index contributed by atoms with van der Waals surface area (Å²) >= 11 is 0. The Morgan fingerprint density at radius 2 is 1.94 bits per heavy atom. The zero-order chi connectivity index (χ0) is 13.8. The summed E-state index contributed by atoms with van der Waals surface area (Å²) in [6.07, 6.45) is 0. The molecule has 1 unspecified atom stereocenters. The van der Waals surface area contributed by atoms with Crippen LogP contribution in [-0.2, 0) is 4.74 Å². The molecule has 0 aliphatic carbocycles. The maximum Gasteiger partial charge on any atom is 0.165 e. The van der Waals surface area contributed by atoms with Crippen molar-refractivity contribution < 1.29 is 13.9 Å². The molecule has 1 aromatic carbocycles. The third-order valence-electron chi connectivity index (χ3n) is 2.36. The highest BCUT2D eigenvalue weighted by Crippen LogP contribution is 2.21. The first-order valence-electron chi connectivity index (χ1n) is 6.11. The first-order valence-corrected chi connectivity index (χ1v) is 6.11. The molecular formula is C14H22FNO2. The topological polar surface area (TPSA) is 44.5 Å². The Bertz CT molecular complexity index is 386. The van der Waals surface area contributed by atoms with Gasteiger partial charge in [-0.05, 0) is 45.4 Å². The van der Waals surface area contributed by atoms with Crippen LogP contribution in [0.1, 0.15) is 39.3 Å².